The molecule has 0 spiro atoms. The molecule has 142 valence electrons. The Labute approximate surface area is 158 Å². The van der Waals surface area contributed by atoms with E-state index in [1.807, 2.05) is 6.20 Å². The van der Waals surface area contributed by atoms with Crippen molar-refractivity contribution in [3.63, 3.8) is 0 Å². The summed E-state index contributed by atoms with van der Waals surface area (Å²) in [5.74, 6) is 1.41. The monoisotopic (exact) mass is 369 g/mol. The lowest BCUT2D eigenvalue weighted by atomic mass is 10.1. The Morgan fingerprint density at radius 1 is 1.22 bits per heavy atom. The van der Waals surface area contributed by atoms with E-state index in [9.17, 15) is 4.39 Å². The Hall–Kier alpha value is -2.67. The highest BCUT2D eigenvalue weighted by Crippen LogP contribution is 2.25. The number of fused-ring (bicyclic) bond motifs is 1. The first-order valence-electron chi connectivity index (χ1n) is 9.31. The van der Waals surface area contributed by atoms with Crippen molar-refractivity contribution in [2.24, 2.45) is 0 Å². The van der Waals surface area contributed by atoms with Gasteiger partial charge in [0.25, 0.3) is 0 Å². The van der Waals surface area contributed by atoms with Crippen LogP contribution in [0, 0.1) is 5.82 Å². The van der Waals surface area contributed by atoms with Crippen molar-refractivity contribution in [1.82, 2.24) is 19.9 Å². The number of rotatable bonds is 6. The molecule has 1 aliphatic heterocycles. The molecule has 1 N–H and O–H groups in total. The predicted octanol–water partition coefficient (Wildman–Crippen LogP) is 2.86. The minimum atomic E-state index is -0.181. The Morgan fingerprint density at radius 3 is 2.89 bits per heavy atom. The minimum Gasteiger partial charge on any atom is -0.491 e. The Morgan fingerprint density at radius 2 is 2.07 bits per heavy atom. The third-order valence-electron chi connectivity index (χ3n) is 5.20. The summed E-state index contributed by atoms with van der Waals surface area (Å²) in [6, 6.07) is 4.92. The van der Waals surface area contributed by atoms with Gasteiger partial charge in [0.2, 0.25) is 0 Å². The fourth-order valence-electron chi connectivity index (χ4n) is 3.73. The van der Waals surface area contributed by atoms with Gasteiger partial charge in [0, 0.05) is 43.3 Å². The molecule has 0 unspecified atom stereocenters. The lowest BCUT2D eigenvalue weighted by molar-refractivity contribution is 0.253. The summed E-state index contributed by atoms with van der Waals surface area (Å²) in [6.45, 7) is 4.87. The molecule has 0 radical (unpaired) electrons. The lowest BCUT2D eigenvalue weighted by Gasteiger charge is -2.35. The number of hydrogen-bond acceptors (Lipinski definition) is 5. The summed E-state index contributed by atoms with van der Waals surface area (Å²) in [5, 5.41) is 0.996. The van der Waals surface area contributed by atoms with E-state index in [1.54, 1.807) is 31.8 Å². The van der Waals surface area contributed by atoms with Crippen molar-refractivity contribution in [3.05, 3.63) is 48.3 Å². The summed E-state index contributed by atoms with van der Waals surface area (Å²) in [5.41, 5.74) is 2.19. The van der Waals surface area contributed by atoms with Gasteiger partial charge in [-0.25, -0.2) is 14.4 Å². The van der Waals surface area contributed by atoms with Gasteiger partial charge in [-0.1, -0.05) is 0 Å². The molecule has 0 saturated carbocycles. The minimum absolute atomic E-state index is 0.181. The van der Waals surface area contributed by atoms with Crippen molar-refractivity contribution in [3.8, 4) is 5.75 Å². The Kier molecular flexibility index (Phi) is 5.20. The zero-order valence-corrected chi connectivity index (χ0v) is 15.5. The molecule has 3 aromatic rings. The number of H-pyrrole nitrogens is 1. The molecule has 1 saturated heterocycles. The number of anilines is 1. The summed E-state index contributed by atoms with van der Waals surface area (Å²) in [7, 11) is 1.65. The first-order valence-corrected chi connectivity index (χ1v) is 9.31. The SMILES string of the molecule is COc1cncnc1N1CCN(CCCc2c[nH]c3ccc(F)cc23)CC1. The van der Waals surface area contributed by atoms with Gasteiger partial charge in [0.15, 0.2) is 11.6 Å². The molecule has 27 heavy (non-hydrogen) atoms. The van der Waals surface area contributed by atoms with Crippen molar-refractivity contribution < 1.29 is 9.13 Å². The van der Waals surface area contributed by atoms with E-state index in [1.165, 1.54) is 11.6 Å². The van der Waals surface area contributed by atoms with Crippen LogP contribution in [0.3, 0.4) is 0 Å². The number of aryl methyl sites for hydroxylation is 1. The van der Waals surface area contributed by atoms with Gasteiger partial charge in [-0.2, -0.15) is 0 Å². The first kappa shape index (κ1) is 17.7. The number of benzene rings is 1. The number of hydrogen-bond donors (Lipinski definition) is 1. The zero-order chi connectivity index (χ0) is 18.6. The molecular formula is C20H24FN5O. The molecule has 1 aliphatic rings. The molecule has 3 heterocycles. The third-order valence-corrected chi connectivity index (χ3v) is 5.20. The molecule has 1 aromatic carbocycles. The van der Waals surface area contributed by atoms with Gasteiger partial charge in [-0.3, -0.25) is 4.90 Å². The molecule has 4 rings (SSSR count). The smallest absolute Gasteiger partial charge is 0.179 e. The van der Waals surface area contributed by atoms with Crippen LogP contribution < -0.4 is 9.64 Å². The fourth-order valence-corrected chi connectivity index (χ4v) is 3.73. The van der Waals surface area contributed by atoms with Gasteiger partial charge >= 0.3 is 0 Å². The highest BCUT2D eigenvalue weighted by Gasteiger charge is 2.20. The van der Waals surface area contributed by atoms with Crippen LogP contribution in [-0.4, -0.2) is 59.7 Å². The number of nitrogens with one attached hydrogen (secondary N) is 1. The third kappa shape index (κ3) is 3.88. The molecule has 2 aromatic heterocycles. The maximum Gasteiger partial charge on any atom is 0.179 e. The highest BCUT2D eigenvalue weighted by molar-refractivity contribution is 5.83. The molecule has 0 amide bonds. The van der Waals surface area contributed by atoms with E-state index >= 15 is 0 Å². The van der Waals surface area contributed by atoms with E-state index in [2.05, 4.69) is 24.8 Å². The van der Waals surface area contributed by atoms with E-state index in [4.69, 9.17) is 4.74 Å². The molecule has 1 fully saturated rings. The van der Waals surface area contributed by atoms with E-state index in [0.717, 1.165) is 68.0 Å². The van der Waals surface area contributed by atoms with Crippen molar-refractivity contribution >= 4 is 16.7 Å². The van der Waals surface area contributed by atoms with E-state index in [-0.39, 0.29) is 5.82 Å². The number of aromatic nitrogens is 3. The van der Waals surface area contributed by atoms with E-state index < -0.39 is 0 Å². The summed E-state index contributed by atoms with van der Waals surface area (Å²) in [6.07, 6.45) is 7.28. The van der Waals surface area contributed by atoms with Gasteiger partial charge in [0.1, 0.15) is 12.1 Å². The van der Waals surface area contributed by atoms with Crippen LogP contribution in [-0.2, 0) is 6.42 Å². The molecule has 0 aliphatic carbocycles. The summed E-state index contributed by atoms with van der Waals surface area (Å²) in [4.78, 5) is 16.3. The number of halogens is 1. The zero-order valence-electron chi connectivity index (χ0n) is 15.5. The number of aromatic amines is 1. The topological polar surface area (TPSA) is 57.3 Å². The molecular weight excluding hydrogens is 345 g/mol. The Balaban J connectivity index is 1.29. The lowest BCUT2D eigenvalue weighted by Crippen LogP contribution is -2.47. The van der Waals surface area contributed by atoms with Gasteiger partial charge in [-0.05, 0) is 43.1 Å². The Bertz CT molecular complexity index is 904. The average molecular weight is 369 g/mol. The molecule has 7 heteroatoms. The molecule has 0 atom stereocenters. The van der Waals surface area contributed by atoms with Crippen molar-refractivity contribution in [1.29, 1.82) is 0 Å². The average Bonchev–Trinajstić information content (AvgIpc) is 3.10. The number of nitrogens with zero attached hydrogens (tertiary/aromatic N) is 4. The molecule has 6 nitrogen and oxygen atoms in total. The van der Waals surface area contributed by atoms with E-state index in [0.29, 0.717) is 0 Å². The van der Waals surface area contributed by atoms with Gasteiger partial charge < -0.3 is 14.6 Å². The number of piperazine rings is 1. The fraction of sp³-hybridized carbons (Fsp3) is 0.400. The van der Waals surface area contributed by atoms with Crippen molar-refractivity contribution in [2.45, 2.75) is 12.8 Å². The van der Waals surface area contributed by atoms with Crippen LogP contribution in [0.5, 0.6) is 5.75 Å². The second-order valence-electron chi connectivity index (χ2n) is 6.85. The van der Waals surface area contributed by atoms with Gasteiger partial charge in [0.05, 0.1) is 13.3 Å². The quantitative estimate of drug-likeness (QED) is 0.724. The second kappa shape index (κ2) is 7.92. The molecule has 0 bridgehead atoms. The largest absolute Gasteiger partial charge is 0.491 e. The predicted molar refractivity (Wildman–Crippen MR) is 104 cm³/mol. The van der Waals surface area contributed by atoms with Crippen molar-refractivity contribution in [2.75, 3.05) is 44.7 Å². The number of methoxy groups -OCH3 is 1. The number of ether oxygens (including phenoxy) is 1. The van der Waals surface area contributed by atoms with Crippen LogP contribution in [0.15, 0.2) is 36.9 Å². The maximum atomic E-state index is 13.5. The second-order valence-corrected chi connectivity index (χ2v) is 6.85. The first-order chi connectivity index (χ1) is 13.2. The van der Waals surface area contributed by atoms with Crippen LogP contribution in [0.2, 0.25) is 0 Å². The summed E-state index contributed by atoms with van der Waals surface area (Å²) >= 11 is 0. The van der Waals surface area contributed by atoms with Crippen LogP contribution in [0.1, 0.15) is 12.0 Å². The maximum absolute atomic E-state index is 13.5. The summed E-state index contributed by atoms with van der Waals surface area (Å²) < 4.78 is 18.9. The van der Waals surface area contributed by atoms with Crippen LogP contribution in [0.4, 0.5) is 10.2 Å². The van der Waals surface area contributed by atoms with Crippen LogP contribution >= 0.6 is 0 Å². The standard InChI is InChI=1S/C20H24FN5O/c1-27-19-13-22-14-24-20(19)26-9-7-25(8-10-26)6-2-3-15-12-23-18-5-4-16(21)11-17(15)18/h4-5,11-14,23H,2-3,6-10H2,1H3. The highest BCUT2D eigenvalue weighted by atomic mass is 19.1. The van der Waals surface area contributed by atoms with Gasteiger partial charge in [-0.15, -0.1) is 0 Å². The normalized spacial score (nSPS) is 15.4. The van der Waals surface area contributed by atoms with Crippen LogP contribution in [0.25, 0.3) is 10.9 Å².